The summed E-state index contributed by atoms with van der Waals surface area (Å²) in [7, 11) is 0. The van der Waals surface area contributed by atoms with E-state index in [2.05, 4.69) is 0 Å². The van der Waals surface area contributed by atoms with E-state index in [4.69, 9.17) is 0 Å². The molecule has 1 atom stereocenters. The largest absolute Gasteiger partial charge is 0.299 e. The molecule has 0 N–H and O–H groups in total. The van der Waals surface area contributed by atoms with Crippen LogP contribution < -0.4 is 0 Å². The number of rotatable bonds is 1. The fourth-order valence-corrected chi connectivity index (χ4v) is 1.41. The summed E-state index contributed by atoms with van der Waals surface area (Å²) in [5, 5.41) is 0. The number of carbonyl (C=O) groups is 2. The molecule has 1 rings (SSSR count). The van der Waals surface area contributed by atoms with Gasteiger partial charge in [0, 0.05) is 36.0 Å². The van der Waals surface area contributed by atoms with E-state index in [-0.39, 0.29) is 47.0 Å². The van der Waals surface area contributed by atoms with Gasteiger partial charge in [0.05, 0.1) is 5.92 Å². The topological polar surface area (TPSA) is 34.1 Å². The Labute approximate surface area is 89.0 Å². The first-order chi connectivity index (χ1) is 4.72. The molecule has 0 aromatic rings. The summed E-state index contributed by atoms with van der Waals surface area (Å²) in [4.78, 5) is 21.8. The van der Waals surface area contributed by atoms with E-state index >= 15 is 0 Å². The molecule has 1 radical (unpaired) electrons. The fraction of sp³-hybridized carbons (Fsp3) is 0.750. The molecule has 0 heterocycles. The van der Waals surface area contributed by atoms with Crippen LogP contribution in [0.5, 0.6) is 0 Å². The molecule has 1 fully saturated rings. The maximum atomic E-state index is 11.0. The Morgan fingerprint density at radius 2 is 2.09 bits per heavy atom. The van der Waals surface area contributed by atoms with Crippen LogP contribution >= 0.6 is 0 Å². The number of ketones is 2. The Kier molecular flexibility index (Phi) is 5.23. The van der Waals surface area contributed by atoms with Crippen molar-refractivity contribution in [3.05, 3.63) is 0 Å². The van der Waals surface area contributed by atoms with Gasteiger partial charge in [-0.15, -0.1) is 0 Å². The van der Waals surface area contributed by atoms with Gasteiger partial charge in [0.15, 0.2) is 0 Å². The average molecular weight is 163 g/mol. The van der Waals surface area contributed by atoms with Gasteiger partial charge in [-0.1, -0.05) is 6.42 Å². The fourth-order valence-electron chi connectivity index (χ4n) is 1.41. The second kappa shape index (κ2) is 5.07. The van der Waals surface area contributed by atoms with Crippen LogP contribution in [-0.2, 0) is 9.59 Å². The molecule has 0 aromatic carbocycles. The average Bonchev–Trinajstić information content (AvgIpc) is 1.88. The second-order valence-corrected chi connectivity index (χ2v) is 2.88. The number of hydrogen-bond donors (Lipinski definition) is 0. The van der Waals surface area contributed by atoms with Crippen molar-refractivity contribution >= 4 is 41.1 Å². The van der Waals surface area contributed by atoms with Crippen LogP contribution in [0.15, 0.2) is 0 Å². The quantitative estimate of drug-likeness (QED) is 0.426. The van der Waals surface area contributed by atoms with Crippen LogP contribution in [0.4, 0.5) is 0 Å². The summed E-state index contributed by atoms with van der Waals surface area (Å²) < 4.78 is 0. The van der Waals surface area contributed by atoms with Crippen LogP contribution in [0, 0.1) is 5.92 Å². The summed E-state index contributed by atoms with van der Waals surface area (Å²) in [5.74, 6) is -0.0581. The van der Waals surface area contributed by atoms with Crippen LogP contribution in [0.3, 0.4) is 0 Å². The smallest absolute Gasteiger partial charge is 0.143 e. The van der Waals surface area contributed by atoms with Gasteiger partial charge in [0.25, 0.3) is 0 Å². The van der Waals surface area contributed by atoms with Crippen LogP contribution in [-0.4, -0.2) is 41.1 Å². The van der Waals surface area contributed by atoms with Gasteiger partial charge in [0.1, 0.15) is 11.6 Å². The van der Waals surface area contributed by atoms with Gasteiger partial charge in [-0.25, -0.2) is 0 Å². The first-order valence-corrected chi connectivity index (χ1v) is 3.75. The third-order valence-electron chi connectivity index (χ3n) is 2.05. The van der Waals surface area contributed by atoms with E-state index in [0.717, 1.165) is 19.3 Å². The molecule has 0 bridgehead atoms. The van der Waals surface area contributed by atoms with Gasteiger partial charge >= 0.3 is 0 Å². The van der Waals surface area contributed by atoms with E-state index in [1.54, 1.807) is 0 Å². The van der Waals surface area contributed by atoms with E-state index in [1.807, 2.05) is 0 Å². The molecule has 0 saturated heterocycles. The zero-order chi connectivity index (χ0) is 7.56. The second-order valence-electron chi connectivity index (χ2n) is 2.88. The molecular formula is C8H12NaO2. The summed E-state index contributed by atoms with van der Waals surface area (Å²) >= 11 is 0. The first kappa shape index (κ1) is 11.3. The Morgan fingerprint density at radius 3 is 2.45 bits per heavy atom. The molecular weight excluding hydrogens is 151 g/mol. The number of hydrogen-bond acceptors (Lipinski definition) is 2. The molecule has 3 heteroatoms. The van der Waals surface area contributed by atoms with E-state index in [0.29, 0.717) is 6.42 Å². The number of carbonyl (C=O) groups excluding carboxylic acids is 2. The maximum Gasteiger partial charge on any atom is 0.143 e. The molecule has 11 heavy (non-hydrogen) atoms. The van der Waals surface area contributed by atoms with Gasteiger partial charge in [0.2, 0.25) is 0 Å². The monoisotopic (exact) mass is 163 g/mol. The summed E-state index contributed by atoms with van der Waals surface area (Å²) in [6.07, 6.45) is 3.41. The van der Waals surface area contributed by atoms with Gasteiger partial charge < -0.3 is 0 Å². The first-order valence-electron chi connectivity index (χ1n) is 3.75. The maximum absolute atomic E-state index is 11.0. The van der Waals surface area contributed by atoms with Gasteiger partial charge in [-0.2, -0.15) is 0 Å². The summed E-state index contributed by atoms with van der Waals surface area (Å²) in [5.41, 5.74) is 0. The Bertz CT molecular complexity index is 165. The van der Waals surface area contributed by atoms with Crippen molar-refractivity contribution in [1.82, 2.24) is 0 Å². The van der Waals surface area contributed by atoms with Crippen molar-refractivity contribution in [2.24, 2.45) is 5.92 Å². The molecule has 1 aliphatic carbocycles. The van der Waals surface area contributed by atoms with E-state index in [9.17, 15) is 9.59 Å². The molecule has 57 valence electrons. The molecule has 0 amide bonds. The van der Waals surface area contributed by atoms with E-state index in [1.165, 1.54) is 6.92 Å². The Hall–Kier alpha value is 0.340. The standard InChI is InChI=1S/C8H12O2.Na/c1-6(9)7-4-2-3-5-8(7)10;/h7H,2-5H2,1H3;. The number of Topliss-reactive ketones (excluding diaryl/α,β-unsaturated/α-hetero) is 2. The predicted octanol–water partition coefficient (Wildman–Crippen LogP) is 0.954. The minimum atomic E-state index is -0.256. The van der Waals surface area contributed by atoms with Crippen molar-refractivity contribution in [3.8, 4) is 0 Å². The SMILES string of the molecule is CC(=O)C1CCCCC1=O.[Na]. The third kappa shape index (κ3) is 3.06. The molecule has 2 nitrogen and oxygen atoms in total. The van der Waals surface area contributed by atoms with Crippen molar-refractivity contribution in [2.45, 2.75) is 32.6 Å². The Balaban J connectivity index is 0.000001000. The zero-order valence-electron chi connectivity index (χ0n) is 7.22. The van der Waals surface area contributed by atoms with Crippen molar-refractivity contribution in [1.29, 1.82) is 0 Å². The summed E-state index contributed by atoms with van der Waals surface area (Å²) in [6, 6.07) is 0. The van der Waals surface area contributed by atoms with Crippen molar-refractivity contribution in [2.75, 3.05) is 0 Å². The summed E-state index contributed by atoms with van der Waals surface area (Å²) in [6.45, 7) is 1.51. The molecule has 1 aliphatic rings. The molecule has 0 spiro atoms. The normalized spacial score (nSPS) is 24.1. The molecule has 0 aromatic heterocycles. The van der Waals surface area contributed by atoms with Crippen LogP contribution in [0.25, 0.3) is 0 Å². The Morgan fingerprint density at radius 1 is 1.45 bits per heavy atom. The minimum Gasteiger partial charge on any atom is -0.299 e. The van der Waals surface area contributed by atoms with E-state index < -0.39 is 0 Å². The molecule has 1 saturated carbocycles. The van der Waals surface area contributed by atoms with Crippen LogP contribution in [0.2, 0.25) is 0 Å². The van der Waals surface area contributed by atoms with Gasteiger partial charge in [-0.3, -0.25) is 9.59 Å². The minimum absolute atomic E-state index is 0. The molecule has 0 aliphatic heterocycles. The van der Waals surface area contributed by atoms with Crippen LogP contribution in [0.1, 0.15) is 32.6 Å². The van der Waals surface area contributed by atoms with Gasteiger partial charge in [-0.05, 0) is 19.8 Å². The van der Waals surface area contributed by atoms with Crippen molar-refractivity contribution < 1.29 is 9.59 Å². The third-order valence-corrected chi connectivity index (χ3v) is 2.05. The van der Waals surface area contributed by atoms with Crippen molar-refractivity contribution in [3.63, 3.8) is 0 Å². The molecule has 1 unspecified atom stereocenters. The zero-order valence-corrected chi connectivity index (χ0v) is 9.22. The predicted molar refractivity (Wildman–Crippen MR) is 43.4 cm³/mol.